The Morgan fingerprint density at radius 3 is 2.11 bits per heavy atom. The van der Waals surface area contributed by atoms with Crippen LogP contribution >= 0.6 is 0 Å². The zero-order valence-corrected chi connectivity index (χ0v) is 10.2. The van der Waals surface area contributed by atoms with Gasteiger partial charge in [0.1, 0.15) is 0 Å². The molecule has 0 spiro atoms. The number of hydrogen-bond donors (Lipinski definition) is 3. The number of carbonyl (C=O) groups is 2. The van der Waals surface area contributed by atoms with Gasteiger partial charge in [0, 0.05) is 13.1 Å². The van der Waals surface area contributed by atoms with Gasteiger partial charge >= 0.3 is 18.2 Å². The molecule has 1 saturated heterocycles. The molecule has 0 aromatic heterocycles. The van der Waals surface area contributed by atoms with Gasteiger partial charge < -0.3 is 20.4 Å². The van der Waals surface area contributed by atoms with Crippen LogP contribution in [0.4, 0.5) is 18.0 Å². The molecule has 0 radical (unpaired) electrons. The maximum absolute atomic E-state index is 12.7. The smallest absolute Gasteiger partial charge is 0.422 e. The Kier molecular flexibility index (Phi) is 4.28. The van der Waals surface area contributed by atoms with Crippen LogP contribution in [0, 0.1) is 0 Å². The summed E-state index contributed by atoms with van der Waals surface area (Å²) in [7, 11) is 0. The second-order valence-corrected chi connectivity index (χ2v) is 4.58. The average Bonchev–Trinajstić information content (AvgIpc) is 2.27. The minimum atomic E-state index is -5.11. The third kappa shape index (κ3) is 3.28. The lowest BCUT2D eigenvalue weighted by atomic mass is 10.0. The van der Waals surface area contributed by atoms with Crippen LogP contribution < -0.4 is 5.32 Å². The van der Waals surface area contributed by atoms with E-state index in [2.05, 4.69) is 0 Å². The number of aliphatic carboxylic acids is 1. The van der Waals surface area contributed by atoms with E-state index in [4.69, 9.17) is 5.11 Å². The van der Waals surface area contributed by atoms with Crippen LogP contribution in [0.3, 0.4) is 0 Å². The normalized spacial score (nSPS) is 20.8. The first-order chi connectivity index (χ1) is 8.58. The molecule has 0 aromatic rings. The Bertz CT molecular complexity index is 366. The van der Waals surface area contributed by atoms with Crippen molar-refractivity contribution < 1.29 is 33.0 Å². The van der Waals surface area contributed by atoms with E-state index >= 15 is 0 Å². The third-order valence-electron chi connectivity index (χ3n) is 3.10. The van der Waals surface area contributed by atoms with E-state index in [1.165, 1.54) is 5.32 Å². The second kappa shape index (κ2) is 5.24. The van der Waals surface area contributed by atoms with E-state index in [9.17, 15) is 27.9 Å². The summed E-state index contributed by atoms with van der Waals surface area (Å²) in [4.78, 5) is 23.4. The second-order valence-electron chi connectivity index (χ2n) is 4.58. The Labute approximate surface area is 107 Å². The average molecular weight is 284 g/mol. The topological polar surface area (TPSA) is 89.9 Å². The number of aliphatic hydroxyl groups is 1. The van der Waals surface area contributed by atoms with Gasteiger partial charge in [-0.05, 0) is 19.8 Å². The van der Waals surface area contributed by atoms with Crippen molar-refractivity contribution in [3.63, 3.8) is 0 Å². The van der Waals surface area contributed by atoms with Crippen LogP contribution in [0.1, 0.15) is 19.8 Å². The van der Waals surface area contributed by atoms with E-state index in [1.54, 1.807) is 0 Å². The van der Waals surface area contributed by atoms with Gasteiger partial charge in [-0.2, -0.15) is 13.2 Å². The summed E-state index contributed by atoms with van der Waals surface area (Å²) in [5.41, 5.74) is -3.33. The number of likely N-dealkylation sites (tertiary alicyclic amines) is 1. The number of rotatable bonds is 2. The highest BCUT2D eigenvalue weighted by Gasteiger charge is 2.58. The number of piperidine rings is 1. The molecular weight excluding hydrogens is 269 g/mol. The first kappa shape index (κ1) is 15.5. The van der Waals surface area contributed by atoms with Crippen LogP contribution in [0.25, 0.3) is 0 Å². The van der Waals surface area contributed by atoms with Crippen LogP contribution in [-0.4, -0.2) is 58.0 Å². The van der Waals surface area contributed by atoms with Gasteiger partial charge in [0.15, 0.2) is 0 Å². The predicted molar refractivity (Wildman–Crippen MR) is 57.4 cm³/mol. The van der Waals surface area contributed by atoms with Crippen molar-refractivity contribution in [3.05, 3.63) is 0 Å². The Hall–Kier alpha value is -1.51. The summed E-state index contributed by atoms with van der Waals surface area (Å²) in [5.74, 6) is -2.18. The molecule has 1 fully saturated rings. The standard InChI is InChI=1S/C10H15F3N2O4/c1-9(7(17)18,10(11,12)13)14-8(19)15-4-2-6(16)3-5-15/h6,16H,2-5H2,1H3,(H,14,19)(H,17,18). The lowest BCUT2D eigenvalue weighted by molar-refractivity contribution is -0.203. The molecule has 19 heavy (non-hydrogen) atoms. The van der Waals surface area contributed by atoms with Crippen LogP contribution in [-0.2, 0) is 4.79 Å². The fourth-order valence-corrected chi connectivity index (χ4v) is 1.61. The van der Waals surface area contributed by atoms with Gasteiger partial charge in [-0.1, -0.05) is 0 Å². The lowest BCUT2D eigenvalue weighted by Crippen LogP contribution is -2.64. The molecular formula is C10H15F3N2O4. The van der Waals surface area contributed by atoms with E-state index in [-0.39, 0.29) is 25.9 Å². The summed E-state index contributed by atoms with van der Waals surface area (Å²) in [6.45, 7) is 0.563. The summed E-state index contributed by atoms with van der Waals surface area (Å²) in [6, 6.07) is -1.10. The number of halogens is 3. The molecule has 1 rings (SSSR count). The summed E-state index contributed by atoms with van der Waals surface area (Å²) >= 11 is 0. The first-order valence-electron chi connectivity index (χ1n) is 5.63. The Balaban J connectivity index is 2.76. The summed E-state index contributed by atoms with van der Waals surface area (Å²) < 4.78 is 38.1. The van der Waals surface area contributed by atoms with Crippen LogP contribution in [0.5, 0.6) is 0 Å². The first-order valence-corrected chi connectivity index (χ1v) is 5.63. The number of hydrogen-bond acceptors (Lipinski definition) is 3. The minimum absolute atomic E-state index is 0.0839. The summed E-state index contributed by atoms with van der Waals surface area (Å²) in [6.07, 6.45) is -5.19. The van der Waals surface area contributed by atoms with Crippen LogP contribution in [0.15, 0.2) is 0 Å². The largest absolute Gasteiger partial charge is 0.479 e. The van der Waals surface area contributed by atoms with Gasteiger partial charge in [-0.3, -0.25) is 0 Å². The third-order valence-corrected chi connectivity index (χ3v) is 3.10. The summed E-state index contributed by atoms with van der Waals surface area (Å²) in [5, 5.41) is 19.4. The van der Waals surface area contributed by atoms with E-state index < -0.39 is 29.8 Å². The molecule has 1 atom stereocenters. The molecule has 1 heterocycles. The highest BCUT2D eigenvalue weighted by molar-refractivity contribution is 5.86. The molecule has 0 aliphatic carbocycles. The maximum atomic E-state index is 12.7. The molecule has 1 aliphatic rings. The van der Waals surface area contributed by atoms with Crippen molar-refractivity contribution in [1.82, 2.24) is 10.2 Å². The number of urea groups is 1. The molecule has 0 bridgehead atoms. The quantitative estimate of drug-likeness (QED) is 0.691. The minimum Gasteiger partial charge on any atom is -0.479 e. The van der Waals surface area contributed by atoms with E-state index in [0.29, 0.717) is 6.92 Å². The highest BCUT2D eigenvalue weighted by Crippen LogP contribution is 2.30. The van der Waals surface area contributed by atoms with Gasteiger partial charge in [-0.25, -0.2) is 9.59 Å². The van der Waals surface area contributed by atoms with Gasteiger partial charge in [0.05, 0.1) is 6.10 Å². The number of alkyl halides is 3. The number of nitrogens with zero attached hydrogens (tertiary/aromatic N) is 1. The molecule has 3 N–H and O–H groups in total. The van der Waals surface area contributed by atoms with Gasteiger partial charge in [0.25, 0.3) is 0 Å². The molecule has 0 aromatic carbocycles. The molecule has 0 saturated carbocycles. The van der Waals surface area contributed by atoms with Gasteiger partial charge in [0.2, 0.25) is 5.54 Å². The number of carboxylic acids is 1. The predicted octanol–water partition coefficient (Wildman–Crippen LogP) is 0.558. The van der Waals surface area contributed by atoms with Crippen molar-refractivity contribution in [2.45, 2.75) is 37.6 Å². The van der Waals surface area contributed by atoms with Gasteiger partial charge in [-0.15, -0.1) is 0 Å². The van der Waals surface area contributed by atoms with E-state index in [1.807, 2.05) is 0 Å². The molecule has 1 unspecified atom stereocenters. The van der Waals surface area contributed by atoms with Crippen molar-refractivity contribution in [1.29, 1.82) is 0 Å². The molecule has 9 heteroatoms. The van der Waals surface area contributed by atoms with Crippen molar-refractivity contribution in [2.24, 2.45) is 0 Å². The van der Waals surface area contributed by atoms with E-state index in [0.717, 1.165) is 4.90 Å². The lowest BCUT2D eigenvalue weighted by Gasteiger charge is -2.34. The number of aliphatic hydroxyl groups excluding tert-OH is 1. The molecule has 1 aliphatic heterocycles. The Morgan fingerprint density at radius 1 is 1.26 bits per heavy atom. The number of amides is 2. The SMILES string of the molecule is CC(NC(=O)N1CCC(O)CC1)(C(=O)O)C(F)(F)F. The zero-order chi connectivity index (χ0) is 14.8. The molecule has 6 nitrogen and oxygen atoms in total. The zero-order valence-electron chi connectivity index (χ0n) is 10.2. The highest BCUT2D eigenvalue weighted by atomic mass is 19.4. The monoisotopic (exact) mass is 284 g/mol. The van der Waals surface area contributed by atoms with Crippen molar-refractivity contribution in [3.8, 4) is 0 Å². The fourth-order valence-electron chi connectivity index (χ4n) is 1.61. The Morgan fingerprint density at radius 2 is 1.74 bits per heavy atom. The van der Waals surface area contributed by atoms with Crippen molar-refractivity contribution in [2.75, 3.05) is 13.1 Å². The molecule has 110 valence electrons. The number of nitrogens with one attached hydrogen (secondary N) is 1. The number of carbonyl (C=O) groups excluding carboxylic acids is 1. The molecule has 2 amide bonds. The maximum Gasteiger partial charge on any atom is 0.422 e. The van der Waals surface area contributed by atoms with Crippen molar-refractivity contribution >= 4 is 12.0 Å². The number of carboxylic acid groups (broad SMARTS) is 1. The van der Waals surface area contributed by atoms with Crippen LogP contribution in [0.2, 0.25) is 0 Å². The fraction of sp³-hybridized carbons (Fsp3) is 0.800.